The first-order valence-electron chi connectivity index (χ1n) is 5.07. The second kappa shape index (κ2) is 5.59. The molecule has 1 aromatic rings. The van der Waals surface area contributed by atoms with Crippen LogP contribution in [0.2, 0.25) is 0 Å². The average Bonchev–Trinajstić information content (AvgIpc) is 2.24. The molecule has 0 heterocycles. The van der Waals surface area contributed by atoms with E-state index in [1.807, 2.05) is 0 Å². The van der Waals surface area contributed by atoms with Gasteiger partial charge in [0.15, 0.2) is 6.79 Å². The summed E-state index contributed by atoms with van der Waals surface area (Å²) in [5.74, 6) is 0.433. The predicted molar refractivity (Wildman–Crippen MR) is 51.0 cm³/mol. The fraction of sp³-hybridized carbons (Fsp3) is 0.400. The summed E-state index contributed by atoms with van der Waals surface area (Å²) in [7, 11) is 1.48. The summed E-state index contributed by atoms with van der Waals surface area (Å²) in [6, 6.07) is 6.17. The summed E-state index contributed by atoms with van der Waals surface area (Å²) in [6.45, 7) is -2.62. The van der Waals surface area contributed by atoms with E-state index in [0.29, 0.717) is 5.75 Å². The van der Waals surface area contributed by atoms with Crippen molar-refractivity contribution in [3.63, 3.8) is 0 Å². The van der Waals surface area contributed by atoms with Crippen molar-refractivity contribution in [3.8, 4) is 5.75 Å². The second-order valence-electron chi connectivity index (χ2n) is 2.65. The first-order chi connectivity index (χ1) is 7.45. The standard InChI is InChI=1S/C10H14O4/c1-13-7-14-9-4-2-3-8(5-9)10(12)6-11/h2-5,10-12H,6-7H2,1H3/t10-/m1/s1/i6D2. The Morgan fingerprint density at radius 3 is 3.00 bits per heavy atom. The molecule has 78 valence electrons. The minimum Gasteiger partial charge on any atom is -0.468 e. The average molecular weight is 200 g/mol. The molecular formula is C10H14O4. The van der Waals surface area contributed by atoms with Gasteiger partial charge in [0.25, 0.3) is 0 Å². The van der Waals surface area contributed by atoms with Crippen LogP contribution in [0.25, 0.3) is 0 Å². The van der Waals surface area contributed by atoms with E-state index < -0.39 is 12.7 Å². The van der Waals surface area contributed by atoms with E-state index in [0.717, 1.165) is 0 Å². The number of benzene rings is 1. The number of methoxy groups -OCH3 is 1. The lowest BCUT2D eigenvalue weighted by atomic mass is 10.1. The molecule has 0 aliphatic heterocycles. The molecule has 0 saturated heterocycles. The zero-order chi connectivity index (χ0) is 12.2. The van der Waals surface area contributed by atoms with Crippen molar-refractivity contribution in [2.45, 2.75) is 6.10 Å². The molecule has 14 heavy (non-hydrogen) atoms. The number of aliphatic hydroxyl groups is 2. The molecule has 1 atom stereocenters. The highest BCUT2D eigenvalue weighted by Gasteiger charge is 2.06. The van der Waals surface area contributed by atoms with Gasteiger partial charge < -0.3 is 19.7 Å². The molecule has 0 radical (unpaired) electrons. The molecule has 4 nitrogen and oxygen atoms in total. The Morgan fingerprint density at radius 2 is 2.36 bits per heavy atom. The molecule has 0 saturated carbocycles. The zero-order valence-electron chi connectivity index (χ0n) is 9.80. The Kier molecular flexibility index (Phi) is 3.29. The first-order valence-corrected chi connectivity index (χ1v) is 4.07. The van der Waals surface area contributed by atoms with Gasteiger partial charge in [0.1, 0.15) is 11.9 Å². The van der Waals surface area contributed by atoms with Gasteiger partial charge in [-0.3, -0.25) is 0 Å². The maximum atomic E-state index is 9.50. The van der Waals surface area contributed by atoms with Gasteiger partial charge >= 0.3 is 0 Å². The van der Waals surface area contributed by atoms with Crippen LogP contribution in [-0.2, 0) is 4.74 Å². The third kappa shape index (κ3) is 2.99. The predicted octanol–water partition coefficient (Wildman–Crippen LogP) is 0.695. The molecule has 2 N–H and O–H groups in total. The van der Waals surface area contributed by atoms with E-state index in [1.54, 1.807) is 12.1 Å². The van der Waals surface area contributed by atoms with E-state index in [9.17, 15) is 5.11 Å². The van der Waals surface area contributed by atoms with Crippen LogP contribution in [0.3, 0.4) is 0 Å². The van der Waals surface area contributed by atoms with Crippen molar-refractivity contribution in [3.05, 3.63) is 29.8 Å². The van der Waals surface area contributed by atoms with Gasteiger partial charge in [-0.1, -0.05) is 12.1 Å². The smallest absolute Gasteiger partial charge is 0.188 e. The number of hydrogen-bond donors (Lipinski definition) is 2. The molecule has 0 unspecified atom stereocenters. The van der Waals surface area contributed by atoms with E-state index in [1.165, 1.54) is 19.2 Å². The van der Waals surface area contributed by atoms with Gasteiger partial charge in [0.2, 0.25) is 0 Å². The van der Waals surface area contributed by atoms with Crippen LogP contribution in [0, 0.1) is 0 Å². The molecule has 0 fully saturated rings. The van der Waals surface area contributed by atoms with Crippen molar-refractivity contribution in [2.24, 2.45) is 0 Å². The first kappa shape index (κ1) is 8.23. The van der Waals surface area contributed by atoms with Crippen LogP contribution < -0.4 is 4.74 Å². The molecule has 1 rings (SSSR count). The van der Waals surface area contributed by atoms with Crippen molar-refractivity contribution in [2.75, 3.05) is 20.5 Å². The number of aliphatic hydroxyl groups excluding tert-OH is 1. The summed E-state index contributed by atoms with van der Waals surface area (Å²) < 4.78 is 23.8. The number of hydrogen-bond acceptors (Lipinski definition) is 4. The van der Waals surface area contributed by atoms with Crippen molar-refractivity contribution < 1.29 is 22.4 Å². The highest BCUT2D eigenvalue weighted by Crippen LogP contribution is 2.18. The third-order valence-electron chi connectivity index (χ3n) is 1.64. The molecule has 4 heteroatoms. The summed E-state index contributed by atoms with van der Waals surface area (Å²) in [5.41, 5.74) is 0.237. The zero-order valence-corrected chi connectivity index (χ0v) is 7.80. The van der Waals surface area contributed by atoms with Crippen LogP contribution in [-0.4, -0.2) is 30.7 Å². The fourth-order valence-corrected chi connectivity index (χ4v) is 0.976. The van der Waals surface area contributed by atoms with Crippen LogP contribution in [0.5, 0.6) is 5.75 Å². The quantitative estimate of drug-likeness (QED) is 0.687. The Balaban J connectivity index is 2.81. The van der Waals surface area contributed by atoms with E-state index >= 15 is 0 Å². The Bertz CT molecular complexity index is 338. The lowest BCUT2D eigenvalue weighted by molar-refractivity contribution is 0.0505. The third-order valence-corrected chi connectivity index (χ3v) is 1.64. The summed E-state index contributed by atoms with van der Waals surface area (Å²) >= 11 is 0. The molecule has 0 amide bonds. The van der Waals surface area contributed by atoms with E-state index in [-0.39, 0.29) is 12.4 Å². The fourth-order valence-electron chi connectivity index (χ4n) is 0.976. The SMILES string of the molecule is [2H]C([2H])(O)[C@@H](O)c1cccc(OCOC)c1. The van der Waals surface area contributed by atoms with Crippen molar-refractivity contribution >= 4 is 0 Å². The molecule has 0 aliphatic carbocycles. The van der Waals surface area contributed by atoms with Crippen molar-refractivity contribution in [1.82, 2.24) is 0 Å². The maximum absolute atomic E-state index is 9.50. The van der Waals surface area contributed by atoms with Gasteiger partial charge in [-0.05, 0) is 17.7 Å². The minimum absolute atomic E-state index is 0.0611. The van der Waals surface area contributed by atoms with Gasteiger partial charge in [0, 0.05) is 7.11 Å². The summed E-state index contributed by atoms with van der Waals surface area (Å²) in [4.78, 5) is 0. The van der Waals surface area contributed by atoms with Crippen LogP contribution >= 0.6 is 0 Å². The van der Waals surface area contributed by atoms with Gasteiger partial charge in [-0.15, -0.1) is 0 Å². The summed E-state index contributed by atoms with van der Waals surface area (Å²) in [5, 5.41) is 18.5. The molecule has 0 aliphatic rings. The Hall–Kier alpha value is -1.10. The van der Waals surface area contributed by atoms with Gasteiger partial charge in [-0.2, -0.15) is 0 Å². The second-order valence-corrected chi connectivity index (χ2v) is 2.65. The van der Waals surface area contributed by atoms with Gasteiger partial charge in [0.05, 0.1) is 9.30 Å². The highest BCUT2D eigenvalue weighted by atomic mass is 16.7. The van der Waals surface area contributed by atoms with Crippen LogP contribution in [0.4, 0.5) is 0 Å². The molecule has 0 bridgehead atoms. The summed E-state index contributed by atoms with van der Waals surface area (Å²) in [6.07, 6.45) is -1.61. The van der Waals surface area contributed by atoms with E-state index in [2.05, 4.69) is 0 Å². The Labute approximate surface area is 85.5 Å². The molecule has 0 spiro atoms. The maximum Gasteiger partial charge on any atom is 0.188 e. The van der Waals surface area contributed by atoms with Gasteiger partial charge in [-0.25, -0.2) is 0 Å². The van der Waals surface area contributed by atoms with E-state index in [4.69, 9.17) is 17.3 Å². The minimum atomic E-state index is -2.68. The lowest BCUT2D eigenvalue weighted by Gasteiger charge is -2.09. The monoisotopic (exact) mass is 200 g/mol. The lowest BCUT2D eigenvalue weighted by Crippen LogP contribution is -2.04. The van der Waals surface area contributed by atoms with Crippen molar-refractivity contribution in [1.29, 1.82) is 0 Å². The normalized spacial score (nSPS) is 15.6. The molecule has 0 aromatic heterocycles. The van der Waals surface area contributed by atoms with Crippen LogP contribution in [0.1, 0.15) is 14.4 Å². The number of ether oxygens (including phenoxy) is 2. The topological polar surface area (TPSA) is 58.9 Å². The Morgan fingerprint density at radius 1 is 1.57 bits per heavy atom. The van der Waals surface area contributed by atoms with Crippen LogP contribution in [0.15, 0.2) is 24.3 Å². The molecule has 1 aromatic carbocycles. The molecular weight excluding hydrogens is 184 g/mol. The largest absolute Gasteiger partial charge is 0.468 e. The number of rotatable bonds is 5. The highest BCUT2D eigenvalue weighted by molar-refractivity contribution is 5.29.